The molecule has 6 nitrogen and oxygen atoms in total. The first kappa shape index (κ1) is 21.0. The fraction of sp³-hybridized carbons (Fsp3) is 0.391. The Hall–Kier alpha value is -2.70. The molecule has 1 saturated heterocycles. The van der Waals surface area contributed by atoms with E-state index < -0.39 is 11.8 Å². The van der Waals surface area contributed by atoms with E-state index in [0.29, 0.717) is 12.2 Å². The van der Waals surface area contributed by atoms with Gasteiger partial charge in [-0.3, -0.25) is 19.4 Å². The molecule has 1 aliphatic heterocycles. The number of carbonyl (C=O) groups excluding carboxylic acids is 2. The first-order chi connectivity index (χ1) is 14.0. The molecule has 1 fully saturated rings. The van der Waals surface area contributed by atoms with E-state index in [1.807, 2.05) is 19.1 Å². The molecule has 0 bridgehead atoms. The Balaban J connectivity index is 1.32. The van der Waals surface area contributed by atoms with Gasteiger partial charge in [0.2, 0.25) is 0 Å². The zero-order chi connectivity index (χ0) is 20.6. The smallest absolute Gasteiger partial charge is 0.313 e. The summed E-state index contributed by atoms with van der Waals surface area (Å²) in [5, 5.41) is 5.33. The van der Waals surface area contributed by atoms with E-state index in [0.717, 1.165) is 44.8 Å². The molecular weight excluding hydrogens is 364 g/mol. The van der Waals surface area contributed by atoms with Crippen molar-refractivity contribution in [1.29, 1.82) is 0 Å². The van der Waals surface area contributed by atoms with Gasteiger partial charge in [0.1, 0.15) is 0 Å². The summed E-state index contributed by atoms with van der Waals surface area (Å²) < 4.78 is 0. The van der Waals surface area contributed by atoms with Crippen LogP contribution in [0.3, 0.4) is 0 Å². The molecule has 0 unspecified atom stereocenters. The highest BCUT2D eigenvalue weighted by Crippen LogP contribution is 2.10. The third-order valence-corrected chi connectivity index (χ3v) is 5.22. The summed E-state index contributed by atoms with van der Waals surface area (Å²) in [7, 11) is 0. The third-order valence-electron chi connectivity index (χ3n) is 5.22. The lowest BCUT2D eigenvalue weighted by Crippen LogP contribution is -2.48. The highest BCUT2D eigenvalue weighted by Gasteiger charge is 2.18. The number of nitrogens with zero attached hydrogens (tertiary/aromatic N) is 2. The van der Waals surface area contributed by atoms with Crippen molar-refractivity contribution < 1.29 is 9.59 Å². The lowest BCUT2D eigenvalue weighted by Gasteiger charge is -2.34. The number of anilines is 1. The third kappa shape index (κ3) is 6.69. The number of carbonyl (C=O) groups is 2. The van der Waals surface area contributed by atoms with Crippen LogP contribution in [-0.4, -0.2) is 60.9 Å². The van der Waals surface area contributed by atoms with Crippen LogP contribution in [0.5, 0.6) is 0 Å². The molecule has 154 valence electrons. The SMILES string of the molecule is Cc1ccc(CN2CCN(CCNC(=O)C(=O)Nc3ccc(C)cc3)CC2)cc1. The molecular formula is C23H30N4O2. The molecule has 2 aromatic rings. The topological polar surface area (TPSA) is 64.7 Å². The minimum atomic E-state index is -0.628. The van der Waals surface area contributed by atoms with Gasteiger partial charge in [-0.25, -0.2) is 0 Å². The van der Waals surface area contributed by atoms with Crippen LogP contribution in [0.1, 0.15) is 16.7 Å². The average molecular weight is 395 g/mol. The first-order valence-corrected chi connectivity index (χ1v) is 10.2. The van der Waals surface area contributed by atoms with Gasteiger partial charge in [0.05, 0.1) is 0 Å². The second kappa shape index (κ2) is 10.2. The molecule has 29 heavy (non-hydrogen) atoms. The maximum atomic E-state index is 12.0. The number of hydrogen-bond donors (Lipinski definition) is 2. The van der Waals surface area contributed by atoms with Crippen LogP contribution < -0.4 is 10.6 Å². The van der Waals surface area contributed by atoms with Crippen LogP contribution in [-0.2, 0) is 16.1 Å². The summed E-state index contributed by atoms with van der Waals surface area (Å²) in [6, 6.07) is 16.1. The van der Waals surface area contributed by atoms with Crippen LogP contribution >= 0.6 is 0 Å². The van der Waals surface area contributed by atoms with Crippen molar-refractivity contribution in [3.05, 3.63) is 65.2 Å². The summed E-state index contributed by atoms with van der Waals surface area (Å²) in [6.45, 7) is 10.2. The van der Waals surface area contributed by atoms with Crippen LogP contribution in [0.4, 0.5) is 5.69 Å². The van der Waals surface area contributed by atoms with Gasteiger partial charge in [-0.2, -0.15) is 0 Å². The van der Waals surface area contributed by atoms with Crippen molar-refractivity contribution in [1.82, 2.24) is 15.1 Å². The van der Waals surface area contributed by atoms with Gasteiger partial charge < -0.3 is 10.6 Å². The fourth-order valence-electron chi connectivity index (χ4n) is 3.36. The van der Waals surface area contributed by atoms with Crippen molar-refractivity contribution in [2.24, 2.45) is 0 Å². The summed E-state index contributed by atoms with van der Waals surface area (Å²) >= 11 is 0. The Morgan fingerprint density at radius 1 is 0.793 bits per heavy atom. The van der Waals surface area contributed by atoms with Crippen LogP contribution in [0.2, 0.25) is 0 Å². The Morgan fingerprint density at radius 2 is 1.34 bits per heavy atom. The summed E-state index contributed by atoms with van der Waals surface area (Å²) in [5.74, 6) is -1.22. The van der Waals surface area contributed by atoms with E-state index in [-0.39, 0.29) is 0 Å². The van der Waals surface area contributed by atoms with Crippen LogP contribution in [0, 0.1) is 13.8 Å². The molecule has 3 rings (SSSR count). The fourth-order valence-corrected chi connectivity index (χ4v) is 3.36. The lowest BCUT2D eigenvalue weighted by atomic mass is 10.1. The quantitative estimate of drug-likeness (QED) is 0.737. The van der Waals surface area contributed by atoms with E-state index in [1.165, 1.54) is 11.1 Å². The highest BCUT2D eigenvalue weighted by atomic mass is 16.2. The molecule has 2 amide bonds. The summed E-state index contributed by atoms with van der Waals surface area (Å²) in [4.78, 5) is 28.7. The Labute approximate surface area is 172 Å². The minimum absolute atomic E-state index is 0.470. The van der Waals surface area contributed by atoms with Gasteiger partial charge in [-0.05, 0) is 31.5 Å². The average Bonchev–Trinajstić information content (AvgIpc) is 2.72. The van der Waals surface area contributed by atoms with Crippen LogP contribution in [0.15, 0.2) is 48.5 Å². The molecule has 1 aliphatic rings. The maximum Gasteiger partial charge on any atom is 0.313 e. The van der Waals surface area contributed by atoms with Crippen LogP contribution in [0.25, 0.3) is 0 Å². The highest BCUT2D eigenvalue weighted by molar-refractivity contribution is 6.39. The Kier molecular flexibility index (Phi) is 7.38. The second-order valence-corrected chi connectivity index (χ2v) is 7.68. The number of amides is 2. The molecule has 0 aliphatic carbocycles. The normalized spacial score (nSPS) is 15.1. The molecule has 2 aromatic carbocycles. The molecule has 2 N–H and O–H groups in total. The van der Waals surface area contributed by atoms with Gasteiger partial charge in [0.25, 0.3) is 0 Å². The molecule has 0 atom stereocenters. The van der Waals surface area contributed by atoms with Gasteiger partial charge >= 0.3 is 11.8 Å². The first-order valence-electron chi connectivity index (χ1n) is 10.2. The minimum Gasteiger partial charge on any atom is -0.347 e. The van der Waals surface area contributed by atoms with Gasteiger partial charge in [-0.15, -0.1) is 0 Å². The predicted octanol–water partition coefficient (Wildman–Crippen LogP) is 2.18. The summed E-state index contributed by atoms with van der Waals surface area (Å²) in [6.07, 6.45) is 0. The van der Waals surface area contributed by atoms with Crippen molar-refractivity contribution in [2.45, 2.75) is 20.4 Å². The molecule has 6 heteroatoms. The van der Waals surface area contributed by atoms with Crippen molar-refractivity contribution in [3.8, 4) is 0 Å². The second-order valence-electron chi connectivity index (χ2n) is 7.68. The van der Waals surface area contributed by atoms with E-state index in [2.05, 4.69) is 51.6 Å². The van der Waals surface area contributed by atoms with E-state index in [4.69, 9.17) is 0 Å². The molecule has 1 heterocycles. The Bertz CT molecular complexity index is 810. The molecule has 0 radical (unpaired) electrons. The lowest BCUT2D eigenvalue weighted by molar-refractivity contribution is -0.136. The number of hydrogen-bond acceptors (Lipinski definition) is 4. The van der Waals surface area contributed by atoms with Crippen molar-refractivity contribution in [3.63, 3.8) is 0 Å². The number of rotatable bonds is 6. The number of aryl methyl sites for hydroxylation is 2. The maximum absolute atomic E-state index is 12.0. The summed E-state index contributed by atoms with van der Waals surface area (Å²) in [5.41, 5.74) is 4.36. The van der Waals surface area contributed by atoms with E-state index >= 15 is 0 Å². The number of nitrogens with one attached hydrogen (secondary N) is 2. The zero-order valence-electron chi connectivity index (χ0n) is 17.3. The van der Waals surface area contributed by atoms with E-state index in [1.54, 1.807) is 12.1 Å². The van der Waals surface area contributed by atoms with Gasteiger partial charge in [0.15, 0.2) is 0 Å². The van der Waals surface area contributed by atoms with Crippen molar-refractivity contribution in [2.75, 3.05) is 44.6 Å². The van der Waals surface area contributed by atoms with Gasteiger partial charge in [0, 0.05) is 51.5 Å². The largest absolute Gasteiger partial charge is 0.347 e. The molecule has 0 saturated carbocycles. The van der Waals surface area contributed by atoms with Crippen molar-refractivity contribution >= 4 is 17.5 Å². The van der Waals surface area contributed by atoms with E-state index in [9.17, 15) is 9.59 Å². The zero-order valence-corrected chi connectivity index (χ0v) is 17.3. The number of piperazine rings is 1. The number of benzene rings is 2. The predicted molar refractivity (Wildman–Crippen MR) is 116 cm³/mol. The Morgan fingerprint density at radius 3 is 1.97 bits per heavy atom. The van der Waals surface area contributed by atoms with Gasteiger partial charge in [-0.1, -0.05) is 47.5 Å². The monoisotopic (exact) mass is 394 g/mol. The molecule has 0 spiro atoms. The standard InChI is InChI=1S/C23H30N4O2/c1-18-3-7-20(8-4-18)17-27-15-13-26(14-16-27)12-11-24-22(28)23(29)25-21-9-5-19(2)6-10-21/h3-10H,11-17H2,1-2H3,(H,24,28)(H,25,29). The molecule has 0 aromatic heterocycles.